The Morgan fingerprint density at radius 1 is 1.23 bits per heavy atom. The van der Waals surface area contributed by atoms with Crippen LogP contribution in [-0.2, 0) is 10.9 Å². The fraction of sp³-hybridized carbons (Fsp3) is 0.667. The van der Waals surface area contributed by atoms with E-state index in [0.29, 0.717) is 19.0 Å². The van der Waals surface area contributed by atoms with Gasteiger partial charge in [-0.2, -0.15) is 13.2 Å². The van der Waals surface area contributed by atoms with Crippen molar-refractivity contribution in [2.45, 2.75) is 12.6 Å². The highest BCUT2D eigenvalue weighted by Gasteiger charge is 2.36. The van der Waals surface area contributed by atoms with Gasteiger partial charge in [0.05, 0.1) is 12.2 Å². The fourth-order valence-electron chi connectivity index (χ4n) is 3.10. The van der Waals surface area contributed by atoms with Gasteiger partial charge in [0.1, 0.15) is 5.82 Å². The number of aromatic nitrogens is 1. The van der Waals surface area contributed by atoms with Gasteiger partial charge in [-0.05, 0) is 24.5 Å². The highest BCUT2D eigenvalue weighted by molar-refractivity contribution is 5.48. The van der Waals surface area contributed by atoms with E-state index in [1.54, 1.807) is 4.90 Å². The zero-order valence-electron chi connectivity index (χ0n) is 12.4. The topological polar surface area (TPSA) is 28.6 Å². The Morgan fingerprint density at radius 3 is 2.64 bits per heavy atom. The van der Waals surface area contributed by atoms with Crippen LogP contribution in [0.25, 0.3) is 0 Å². The number of alkyl halides is 3. The summed E-state index contributed by atoms with van der Waals surface area (Å²) in [4.78, 5) is 8.02. The summed E-state index contributed by atoms with van der Waals surface area (Å²) in [5, 5.41) is 0. The van der Waals surface area contributed by atoms with Gasteiger partial charge in [0, 0.05) is 45.5 Å². The van der Waals surface area contributed by atoms with Crippen molar-refractivity contribution < 1.29 is 17.9 Å². The summed E-state index contributed by atoms with van der Waals surface area (Å²) in [7, 11) is 0. The number of rotatable bonds is 3. The molecule has 0 bridgehead atoms. The molecule has 3 heterocycles. The average molecular weight is 315 g/mol. The molecule has 7 heteroatoms. The van der Waals surface area contributed by atoms with Gasteiger partial charge >= 0.3 is 6.18 Å². The molecule has 1 aromatic heterocycles. The van der Waals surface area contributed by atoms with Gasteiger partial charge in [0.2, 0.25) is 0 Å². The number of anilines is 1. The molecule has 4 nitrogen and oxygen atoms in total. The SMILES string of the molecule is FC(F)(F)c1cccnc1N1CCN(CC2CCOC2)CC1. The molecule has 0 radical (unpaired) electrons. The Hall–Kier alpha value is -1.34. The lowest BCUT2D eigenvalue weighted by atomic mass is 10.1. The molecule has 1 unspecified atom stereocenters. The van der Waals surface area contributed by atoms with Crippen LogP contribution >= 0.6 is 0 Å². The largest absolute Gasteiger partial charge is 0.419 e. The highest BCUT2D eigenvalue weighted by Crippen LogP contribution is 2.35. The van der Waals surface area contributed by atoms with E-state index in [9.17, 15) is 13.2 Å². The van der Waals surface area contributed by atoms with E-state index in [1.807, 2.05) is 0 Å². The van der Waals surface area contributed by atoms with E-state index in [4.69, 9.17) is 4.74 Å². The zero-order chi connectivity index (χ0) is 15.6. The van der Waals surface area contributed by atoms with Crippen LogP contribution in [0.3, 0.4) is 0 Å². The number of piperazine rings is 1. The normalized spacial score (nSPS) is 24.0. The number of pyridine rings is 1. The summed E-state index contributed by atoms with van der Waals surface area (Å²) in [5.74, 6) is 0.617. The third-order valence-corrected chi connectivity index (χ3v) is 4.30. The molecule has 0 N–H and O–H groups in total. The summed E-state index contributed by atoms with van der Waals surface area (Å²) >= 11 is 0. The Kier molecular flexibility index (Phi) is 4.54. The van der Waals surface area contributed by atoms with Crippen molar-refractivity contribution in [3.05, 3.63) is 23.9 Å². The monoisotopic (exact) mass is 315 g/mol. The summed E-state index contributed by atoms with van der Waals surface area (Å²) in [6.45, 7) is 5.30. The Bertz CT molecular complexity index is 495. The summed E-state index contributed by atoms with van der Waals surface area (Å²) < 4.78 is 44.5. The molecule has 2 aliphatic heterocycles. The molecule has 3 rings (SSSR count). The first-order valence-corrected chi connectivity index (χ1v) is 7.61. The van der Waals surface area contributed by atoms with Crippen LogP contribution in [0.1, 0.15) is 12.0 Å². The van der Waals surface area contributed by atoms with Crippen LogP contribution in [0, 0.1) is 5.92 Å². The molecule has 0 aromatic carbocycles. The van der Waals surface area contributed by atoms with Crippen molar-refractivity contribution in [3.8, 4) is 0 Å². The molecule has 122 valence electrons. The minimum Gasteiger partial charge on any atom is -0.381 e. The molecular formula is C15H20F3N3O. The highest BCUT2D eigenvalue weighted by atomic mass is 19.4. The van der Waals surface area contributed by atoms with Crippen molar-refractivity contribution in [1.82, 2.24) is 9.88 Å². The molecule has 0 amide bonds. The van der Waals surface area contributed by atoms with E-state index < -0.39 is 11.7 Å². The summed E-state index contributed by atoms with van der Waals surface area (Å²) in [5.41, 5.74) is -0.646. The van der Waals surface area contributed by atoms with Gasteiger partial charge in [-0.15, -0.1) is 0 Å². The molecule has 2 fully saturated rings. The fourth-order valence-corrected chi connectivity index (χ4v) is 3.10. The number of ether oxygens (including phenoxy) is 1. The predicted molar refractivity (Wildman–Crippen MR) is 76.8 cm³/mol. The van der Waals surface area contributed by atoms with Gasteiger partial charge in [0.15, 0.2) is 0 Å². The van der Waals surface area contributed by atoms with Gasteiger partial charge in [-0.3, -0.25) is 4.90 Å². The quantitative estimate of drug-likeness (QED) is 0.855. The van der Waals surface area contributed by atoms with Crippen molar-refractivity contribution in [2.24, 2.45) is 5.92 Å². The summed E-state index contributed by atoms with van der Waals surface area (Å²) in [6, 6.07) is 2.44. The average Bonchev–Trinajstić information content (AvgIpc) is 3.00. The molecule has 0 aliphatic carbocycles. The van der Waals surface area contributed by atoms with Crippen molar-refractivity contribution in [1.29, 1.82) is 0 Å². The van der Waals surface area contributed by atoms with Gasteiger partial charge < -0.3 is 9.64 Å². The molecule has 22 heavy (non-hydrogen) atoms. The zero-order valence-corrected chi connectivity index (χ0v) is 12.4. The van der Waals surface area contributed by atoms with Crippen LogP contribution in [0.4, 0.5) is 19.0 Å². The Morgan fingerprint density at radius 2 is 2.00 bits per heavy atom. The van der Waals surface area contributed by atoms with E-state index in [0.717, 1.165) is 45.3 Å². The maximum Gasteiger partial charge on any atom is 0.419 e. The molecule has 1 aromatic rings. The van der Waals surface area contributed by atoms with E-state index in [-0.39, 0.29) is 5.82 Å². The number of nitrogens with zero attached hydrogens (tertiary/aromatic N) is 3. The van der Waals surface area contributed by atoms with E-state index in [2.05, 4.69) is 9.88 Å². The second-order valence-corrected chi connectivity index (χ2v) is 5.89. The molecule has 0 saturated carbocycles. The summed E-state index contributed by atoms with van der Waals surface area (Å²) in [6.07, 6.45) is -1.85. The van der Waals surface area contributed by atoms with Crippen LogP contribution in [0.15, 0.2) is 18.3 Å². The Labute approximate surface area is 127 Å². The van der Waals surface area contributed by atoms with E-state index >= 15 is 0 Å². The second-order valence-electron chi connectivity index (χ2n) is 5.89. The maximum absolute atomic E-state index is 13.1. The van der Waals surface area contributed by atoms with Crippen LogP contribution in [0.2, 0.25) is 0 Å². The molecule has 1 atom stereocenters. The van der Waals surface area contributed by atoms with Crippen molar-refractivity contribution in [3.63, 3.8) is 0 Å². The van der Waals surface area contributed by atoms with Crippen molar-refractivity contribution in [2.75, 3.05) is 50.8 Å². The van der Waals surface area contributed by atoms with Crippen LogP contribution in [0.5, 0.6) is 0 Å². The standard InChI is InChI=1S/C15H20F3N3O/c16-15(17,18)13-2-1-4-19-14(13)21-7-5-20(6-8-21)10-12-3-9-22-11-12/h1-2,4,12H,3,5-11H2. The lowest BCUT2D eigenvalue weighted by Gasteiger charge is -2.37. The first kappa shape index (κ1) is 15.6. The van der Waals surface area contributed by atoms with Gasteiger partial charge in [-0.25, -0.2) is 4.98 Å². The first-order chi connectivity index (χ1) is 10.5. The molecule has 0 spiro atoms. The maximum atomic E-state index is 13.1. The second kappa shape index (κ2) is 6.42. The molecule has 2 aliphatic rings. The Balaban J connectivity index is 1.62. The van der Waals surface area contributed by atoms with Crippen LogP contribution in [-0.4, -0.2) is 55.8 Å². The van der Waals surface area contributed by atoms with Crippen molar-refractivity contribution >= 4 is 5.82 Å². The van der Waals surface area contributed by atoms with Gasteiger partial charge in [0.25, 0.3) is 0 Å². The van der Waals surface area contributed by atoms with Gasteiger partial charge in [-0.1, -0.05) is 0 Å². The number of hydrogen-bond acceptors (Lipinski definition) is 4. The molecular weight excluding hydrogens is 295 g/mol. The first-order valence-electron chi connectivity index (χ1n) is 7.61. The minimum atomic E-state index is -4.36. The van der Waals surface area contributed by atoms with Crippen LogP contribution < -0.4 is 4.90 Å². The predicted octanol–water partition coefficient (Wildman–Crippen LogP) is 2.26. The lowest BCUT2D eigenvalue weighted by Crippen LogP contribution is -2.48. The lowest BCUT2D eigenvalue weighted by molar-refractivity contribution is -0.137. The van der Waals surface area contributed by atoms with E-state index in [1.165, 1.54) is 12.3 Å². The third kappa shape index (κ3) is 3.52. The third-order valence-electron chi connectivity index (χ3n) is 4.30. The minimum absolute atomic E-state index is 0.0545. The number of hydrogen-bond donors (Lipinski definition) is 0. The number of halogens is 3. The smallest absolute Gasteiger partial charge is 0.381 e. The molecule has 2 saturated heterocycles.